The van der Waals surface area contributed by atoms with Crippen LogP contribution in [0.2, 0.25) is 5.02 Å². The van der Waals surface area contributed by atoms with Gasteiger partial charge in [0.2, 0.25) is 0 Å². The van der Waals surface area contributed by atoms with Crippen LogP contribution in [0.1, 0.15) is 41.3 Å². The lowest BCUT2D eigenvalue weighted by molar-refractivity contribution is 0.341. The maximum absolute atomic E-state index is 6.25. The van der Waals surface area contributed by atoms with E-state index < -0.39 is 0 Å². The predicted molar refractivity (Wildman–Crippen MR) is 129 cm³/mol. The highest BCUT2D eigenvalue weighted by Gasteiger charge is 2.43. The standard InChI is InChI=1S/C27H23ClN4/c1-18-24-25(19-12-14-21(28)15-13-19)31(22-16-17-22)26(20-8-4-2-5-9-20)29-27(24)32(30-18)23-10-6-3-7-11-23/h2-15,22,25H,16-17H2,1H3. The van der Waals surface area contributed by atoms with Crippen molar-refractivity contribution in [3.05, 3.63) is 112 Å². The van der Waals surface area contributed by atoms with E-state index >= 15 is 0 Å². The van der Waals surface area contributed by atoms with Gasteiger partial charge in [-0.3, -0.25) is 0 Å². The van der Waals surface area contributed by atoms with Crippen molar-refractivity contribution < 1.29 is 0 Å². The van der Waals surface area contributed by atoms with Crippen molar-refractivity contribution in [1.82, 2.24) is 14.7 Å². The second kappa shape index (κ2) is 7.64. The van der Waals surface area contributed by atoms with Crippen molar-refractivity contribution in [2.45, 2.75) is 31.8 Å². The van der Waals surface area contributed by atoms with E-state index in [1.165, 1.54) is 24.0 Å². The molecule has 1 aliphatic carbocycles. The highest BCUT2D eigenvalue weighted by atomic mass is 35.5. The van der Waals surface area contributed by atoms with Gasteiger partial charge in [-0.2, -0.15) is 5.10 Å². The fraction of sp³-hybridized carbons (Fsp3) is 0.185. The number of rotatable bonds is 4. The molecule has 6 rings (SSSR count). The smallest absolute Gasteiger partial charge is 0.163 e. The van der Waals surface area contributed by atoms with Gasteiger partial charge in [-0.25, -0.2) is 9.67 Å². The molecule has 0 bridgehead atoms. The van der Waals surface area contributed by atoms with Gasteiger partial charge in [0.1, 0.15) is 5.84 Å². The molecule has 0 spiro atoms. The van der Waals surface area contributed by atoms with Gasteiger partial charge in [-0.1, -0.05) is 72.3 Å². The van der Waals surface area contributed by atoms with E-state index in [0.717, 1.165) is 33.6 Å². The second-order valence-electron chi connectivity index (χ2n) is 8.46. The average molecular weight is 439 g/mol. The Balaban J connectivity index is 1.63. The molecule has 1 aliphatic heterocycles. The number of fused-ring (bicyclic) bond motifs is 1. The molecule has 2 heterocycles. The van der Waals surface area contributed by atoms with Crippen LogP contribution in [0.3, 0.4) is 0 Å². The summed E-state index contributed by atoms with van der Waals surface area (Å²) in [6.07, 6.45) is 2.36. The van der Waals surface area contributed by atoms with Gasteiger partial charge >= 0.3 is 0 Å². The molecule has 1 aromatic heterocycles. The Morgan fingerprint density at radius 1 is 0.844 bits per heavy atom. The summed E-state index contributed by atoms with van der Waals surface area (Å²) in [5, 5.41) is 5.70. The molecule has 4 nitrogen and oxygen atoms in total. The summed E-state index contributed by atoms with van der Waals surface area (Å²) in [4.78, 5) is 7.77. The summed E-state index contributed by atoms with van der Waals surface area (Å²) >= 11 is 6.25. The van der Waals surface area contributed by atoms with Crippen LogP contribution in [0.15, 0.2) is 89.9 Å². The van der Waals surface area contributed by atoms with Gasteiger partial charge in [0.05, 0.1) is 17.4 Å². The Morgan fingerprint density at radius 2 is 1.50 bits per heavy atom. The van der Waals surface area contributed by atoms with Crippen LogP contribution in [0.4, 0.5) is 5.82 Å². The van der Waals surface area contributed by atoms with Crippen molar-refractivity contribution >= 4 is 23.3 Å². The summed E-state index contributed by atoms with van der Waals surface area (Å²) in [5.74, 6) is 1.92. The number of aliphatic imine (C=N–C) groups is 1. The third-order valence-electron chi connectivity index (χ3n) is 6.25. The number of para-hydroxylation sites is 1. The first-order valence-electron chi connectivity index (χ1n) is 11.0. The van der Waals surface area contributed by atoms with Gasteiger partial charge < -0.3 is 4.90 Å². The lowest BCUT2D eigenvalue weighted by Crippen LogP contribution is -2.40. The first-order valence-corrected chi connectivity index (χ1v) is 11.4. The zero-order chi connectivity index (χ0) is 21.7. The van der Waals surface area contributed by atoms with Crippen LogP contribution in [0.25, 0.3) is 5.69 Å². The molecule has 0 radical (unpaired) electrons. The molecule has 1 saturated carbocycles. The monoisotopic (exact) mass is 438 g/mol. The number of aryl methyl sites for hydroxylation is 1. The Kier molecular flexibility index (Phi) is 4.62. The molecular formula is C27H23ClN4. The summed E-state index contributed by atoms with van der Waals surface area (Å²) in [6, 6.07) is 29.5. The zero-order valence-corrected chi connectivity index (χ0v) is 18.6. The minimum atomic E-state index is 0.0416. The van der Waals surface area contributed by atoms with E-state index in [1.807, 2.05) is 35.0 Å². The first kappa shape index (κ1) is 19.3. The van der Waals surface area contributed by atoms with E-state index in [4.69, 9.17) is 21.7 Å². The molecule has 32 heavy (non-hydrogen) atoms. The Morgan fingerprint density at radius 3 is 2.16 bits per heavy atom. The molecule has 4 aromatic rings. The molecule has 5 heteroatoms. The van der Waals surface area contributed by atoms with Crippen molar-refractivity contribution in [3.63, 3.8) is 0 Å². The van der Waals surface area contributed by atoms with E-state index in [0.29, 0.717) is 6.04 Å². The van der Waals surface area contributed by atoms with E-state index in [2.05, 4.69) is 66.4 Å². The maximum Gasteiger partial charge on any atom is 0.163 e. The molecule has 0 N–H and O–H groups in total. The maximum atomic E-state index is 6.25. The number of nitrogens with zero attached hydrogens (tertiary/aromatic N) is 4. The molecular weight excluding hydrogens is 416 g/mol. The summed E-state index contributed by atoms with van der Waals surface area (Å²) in [7, 11) is 0. The van der Waals surface area contributed by atoms with Crippen molar-refractivity contribution in [2.24, 2.45) is 4.99 Å². The van der Waals surface area contributed by atoms with Gasteiger partial charge in [-0.05, 0) is 49.6 Å². The number of benzene rings is 3. The molecule has 0 saturated heterocycles. The molecule has 158 valence electrons. The van der Waals surface area contributed by atoms with E-state index in [1.54, 1.807) is 0 Å². The third kappa shape index (κ3) is 3.23. The van der Waals surface area contributed by atoms with Gasteiger partial charge in [-0.15, -0.1) is 0 Å². The van der Waals surface area contributed by atoms with Crippen LogP contribution in [0, 0.1) is 6.92 Å². The molecule has 1 unspecified atom stereocenters. The minimum absolute atomic E-state index is 0.0416. The van der Waals surface area contributed by atoms with Gasteiger partial charge in [0.15, 0.2) is 5.82 Å². The predicted octanol–water partition coefficient (Wildman–Crippen LogP) is 6.48. The Labute approximate surface area is 192 Å². The normalized spacial score (nSPS) is 17.8. The van der Waals surface area contributed by atoms with Crippen molar-refractivity contribution in [2.75, 3.05) is 0 Å². The number of aromatic nitrogens is 2. The summed E-state index contributed by atoms with van der Waals surface area (Å²) in [6.45, 7) is 2.09. The van der Waals surface area contributed by atoms with Crippen LogP contribution in [-0.2, 0) is 0 Å². The fourth-order valence-corrected chi connectivity index (χ4v) is 4.76. The molecule has 1 atom stereocenters. The van der Waals surface area contributed by atoms with E-state index in [9.17, 15) is 0 Å². The lowest BCUT2D eigenvalue weighted by atomic mass is 9.94. The minimum Gasteiger partial charge on any atom is -0.342 e. The number of hydrogen-bond acceptors (Lipinski definition) is 3. The quantitative estimate of drug-likeness (QED) is 0.365. The van der Waals surface area contributed by atoms with Crippen molar-refractivity contribution in [3.8, 4) is 5.69 Å². The van der Waals surface area contributed by atoms with Crippen LogP contribution < -0.4 is 0 Å². The van der Waals surface area contributed by atoms with Crippen LogP contribution in [0.5, 0.6) is 0 Å². The Bertz CT molecular complexity index is 1290. The molecule has 3 aromatic carbocycles. The molecule has 0 amide bonds. The molecule has 2 aliphatic rings. The number of halogens is 1. The Hall–Kier alpha value is -3.37. The van der Waals surface area contributed by atoms with Gasteiger partial charge in [0, 0.05) is 22.2 Å². The van der Waals surface area contributed by atoms with Crippen LogP contribution >= 0.6 is 11.6 Å². The molecule has 1 fully saturated rings. The SMILES string of the molecule is Cc1nn(-c2ccccc2)c2c1C(c1ccc(Cl)cc1)N(C1CC1)C(c1ccccc1)=N2. The van der Waals surface area contributed by atoms with Crippen LogP contribution in [-0.4, -0.2) is 26.6 Å². The zero-order valence-electron chi connectivity index (χ0n) is 17.8. The second-order valence-corrected chi connectivity index (χ2v) is 8.90. The highest BCUT2D eigenvalue weighted by molar-refractivity contribution is 6.30. The lowest BCUT2D eigenvalue weighted by Gasteiger charge is -2.38. The van der Waals surface area contributed by atoms with E-state index in [-0.39, 0.29) is 6.04 Å². The number of amidine groups is 1. The highest BCUT2D eigenvalue weighted by Crippen LogP contribution is 2.47. The van der Waals surface area contributed by atoms with Gasteiger partial charge in [0.25, 0.3) is 0 Å². The largest absolute Gasteiger partial charge is 0.342 e. The topological polar surface area (TPSA) is 33.4 Å². The fourth-order valence-electron chi connectivity index (χ4n) is 4.63. The third-order valence-corrected chi connectivity index (χ3v) is 6.50. The average Bonchev–Trinajstić information content (AvgIpc) is 3.63. The first-order chi connectivity index (χ1) is 15.7. The van der Waals surface area contributed by atoms with Crippen molar-refractivity contribution in [1.29, 1.82) is 0 Å². The summed E-state index contributed by atoms with van der Waals surface area (Å²) < 4.78 is 1.99. The number of hydrogen-bond donors (Lipinski definition) is 0. The summed E-state index contributed by atoms with van der Waals surface area (Å²) in [5.41, 5.74) is 5.53.